The van der Waals surface area contributed by atoms with Crippen molar-refractivity contribution in [1.29, 1.82) is 0 Å². The van der Waals surface area contributed by atoms with Gasteiger partial charge in [-0.15, -0.1) is 12.4 Å². The van der Waals surface area contributed by atoms with Gasteiger partial charge in [0.05, 0.1) is 14.2 Å². The average Bonchev–Trinajstić information content (AvgIpc) is 2.35. The highest BCUT2D eigenvalue weighted by atomic mass is 35.5. The Hall–Kier alpha value is -1.46. The predicted molar refractivity (Wildman–Crippen MR) is 73.7 cm³/mol. The Morgan fingerprint density at radius 3 is 2.22 bits per heavy atom. The third-order valence-electron chi connectivity index (χ3n) is 2.24. The summed E-state index contributed by atoms with van der Waals surface area (Å²) < 4.78 is 10.2. The molecule has 0 aromatic heterocycles. The van der Waals surface area contributed by atoms with E-state index >= 15 is 0 Å². The van der Waals surface area contributed by atoms with Crippen LogP contribution < -0.4 is 20.5 Å². The molecule has 18 heavy (non-hydrogen) atoms. The molecule has 0 saturated carbocycles. The van der Waals surface area contributed by atoms with Crippen molar-refractivity contribution < 1.29 is 14.3 Å². The fraction of sp³-hybridized carbons (Fsp3) is 0.417. The molecule has 1 aromatic carbocycles. The molecule has 1 rings (SSSR count). The molecule has 1 aromatic rings. The van der Waals surface area contributed by atoms with E-state index in [1.807, 2.05) is 0 Å². The second-order valence-electron chi connectivity index (χ2n) is 3.54. The van der Waals surface area contributed by atoms with Gasteiger partial charge in [-0.05, 0) is 13.0 Å². The van der Waals surface area contributed by atoms with Crippen LogP contribution in [0.2, 0.25) is 0 Å². The van der Waals surface area contributed by atoms with Crippen molar-refractivity contribution in [2.24, 2.45) is 5.73 Å². The smallest absolute Gasteiger partial charge is 0.224 e. The lowest BCUT2D eigenvalue weighted by atomic mass is 10.2. The molecular formula is C12H19ClN2O3. The maximum atomic E-state index is 11.5. The summed E-state index contributed by atoms with van der Waals surface area (Å²) in [6, 6.07) is 5.22. The van der Waals surface area contributed by atoms with Gasteiger partial charge in [0, 0.05) is 30.3 Å². The van der Waals surface area contributed by atoms with E-state index in [1.165, 1.54) is 0 Å². The van der Waals surface area contributed by atoms with E-state index in [1.54, 1.807) is 32.4 Å². The first-order valence-corrected chi connectivity index (χ1v) is 5.42. The van der Waals surface area contributed by atoms with Gasteiger partial charge in [-0.2, -0.15) is 0 Å². The molecule has 0 radical (unpaired) electrons. The lowest BCUT2D eigenvalue weighted by Crippen LogP contribution is -2.13. The summed E-state index contributed by atoms with van der Waals surface area (Å²) in [5.41, 5.74) is 6.00. The molecule has 0 bridgehead atoms. The molecule has 0 fully saturated rings. The molecule has 5 nitrogen and oxygen atoms in total. The highest BCUT2D eigenvalue weighted by molar-refractivity contribution is 5.91. The van der Waals surface area contributed by atoms with Gasteiger partial charge in [-0.3, -0.25) is 4.79 Å². The first-order chi connectivity index (χ1) is 8.19. The van der Waals surface area contributed by atoms with E-state index in [9.17, 15) is 4.79 Å². The van der Waals surface area contributed by atoms with Gasteiger partial charge in [0.25, 0.3) is 0 Å². The SMILES string of the molecule is COc1cc(NC(=O)CCCN)cc(OC)c1.Cl. The second kappa shape index (κ2) is 8.60. The summed E-state index contributed by atoms with van der Waals surface area (Å²) in [5.74, 6) is 1.21. The molecule has 0 unspecified atom stereocenters. The van der Waals surface area contributed by atoms with Crippen LogP contribution in [0.15, 0.2) is 18.2 Å². The Balaban J connectivity index is 0.00000289. The number of amides is 1. The molecule has 102 valence electrons. The number of hydrogen-bond acceptors (Lipinski definition) is 4. The minimum absolute atomic E-state index is 0. The summed E-state index contributed by atoms with van der Waals surface area (Å²) >= 11 is 0. The van der Waals surface area contributed by atoms with E-state index < -0.39 is 0 Å². The maximum absolute atomic E-state index is 11.5. The van der Waals surface area contributed by atoms with Gasteiger partial charge in [0.1, 0.15) is 11.5 Å². The number of halogens is 1. The van der Waals surface area contributed by atoms with E-state index in [0.717, 1.165) is 0 Å². The largest absolute Gasteiger partial charge is 0.497 e. The van der Waals surface area contributed by atoms with Gasteiger partial charge < -0.3 is 20.5 Å². The molecule has 0 aliphatic carbocycles. The molecule has 0 heterocycles. The van der Waals surface area contributed by atoms with Crippen LogP contribution in [-0.2, 0) is 4.79 Å². The minimum atomic E-state index is -0.0641. The summed E-state index contributed by atoms with van der Waals surface area (Å²) in [6.07, 6.45) is 1.09. The van der Waals surface area contributed by atoms with Crippen LogP contribution in [0, 0.1) is 0 Å². The standard InChI is InChI=1S/C12H18N2O3.ClH/c1-16-10-6-9(7-11(8-10)17-2)14-12(15)4-3-5-13;/h6-8H,3-5,13H2,1-2H3,(H,14,15);1H. The maximum Gasteiger partial charge on any atom is 0.224 e. The number of benzene rings is 1. The molecule has 0 atom stereocenters. The third-order valence-corrected chi connectivity index (χ3v) is 2.24. The van der Waals surface area contributed by atoms with Crippen LogP contribution in [0.5, 0.6) is 11.5 Å². The monoisotopic (exact) mass is 274 g/mol. The normalized spacial score (nSPS) is 9.28. The zero-order chi connectivity index (χ0) is 12.7. The highest BCUT2D eigenvalue weighted by Gasteiger charge is 2.05. The topological polar surface area (TPSA) is 73.6 Å². The molecule has 0 spiro atoms. The van der Waals surface area contributed by atoms with Crippen LogP contribution in [0.4, 0.5) is 5.69 Å². The average molecular weight is 275 g/mol. The zero-order valence-electron chi connectivity index (χ0n) is 10.6. The molecule has 0 aliphatic heterocycles. The number of carbonyl (C=O) groups is 1. The van der Waals surface area contributed by atoms with Crippen molar-refractivity contribution in [2.45, 2.75) is 12.8 Å². The van der Waals surface area contributed by atoms with Gasteiger partial charge >= 0.3 is 0 Å². The number of methoxy groups -OCH3 is 2. The number of rotatable bonds is 6. The van der Waals surface area contributed by atoms with E-state index in [-0.39, 0.29) is 18.3 Å². The molecule has 3 N–H and O–H groups in total. The molecule has 6 heteroatoms. The Kier molecular flexibility index (Phi) is 7.91. The first-order valence-electron chi connectivity index (χ1n) is 5.42. The van der Waals surface area contributed by atoms with Crippen molar-refractivity contribution in [3.05, 3.63) is 18.2 Å². The number of anilines is 1. The first kappa shape index (κ1) is 16.5. The van der Waals surface area contributed by atoms with E-state index in [4.69, 9.17) is 15.2 Å². The van der Waals surface area contributed by atoms with E-state index in [0.29, 0.717) is 36.6 Å². The summed E-state index contributed by atoms with van der Waals surface area (Å²) in [4.78, 5) is 11.5. The quantitative estimate of drug-likeness (QED) is 0.830. The molecule has 1 amide bonds. The Morgan fingerprint density at radius 2 is 1.78 bits per heavy atom. The van der Waals surface area contributed by atoms with Gasteiger partial charge in [-0.1, -0.05) is 0 Å². The number of hydrogen-bond donors (Lipinski definition) is 2. The summed E-state index contributed by atoms with van der Waals surface area (Å²) in [7, 11) is 3.13. The van der Waals surface area contributed by atoms with Crippen LogP contribution >= 0.6 is 12.4 Å². The minimum Gasteiger partial charge on any atom is -0.497 e. The predicted octanol–water partition coefficient (Wildman–Crippen LogP) is 1.80. The van der Waals surface area contributed by atoms with Gasteiger partial charge in [-0.25, -0.2) is 0 Å². The lowest BCUT2D eigenvalue weighted by Gasteiger charge is -2.09. The number of nitrogens with two attached hydrogens (primary N) is 1. The highest BCUT2D eigenvalue weighted by Crippen LogP contribution is 2.25. The summed E-state index contributed by atoms with van der Waals surface area (Å²) in [5, 5.41) is 2.77. The van der Waals surface area contributed by atoms with Crippen molar-refractivity contribution >= 4 is 24.0 Å². The number of ether oxygens (including phenoxy) is 2. The number of nitrogens with one attached hydrogen (secondary N) is 1. The van der Waals surface area contributed by atoms with Crippen LogP contribution in [0.3, 0.4) is 0 Å². The van der Waals surface area contributed by atoms with Crippen LogP contribution in [-0.4, -0.2) is 26.7 Å². The Labute approximate surface area is 113 Å². The molecular weight excluding hydrogens is 256 g/mol. The Morgan fingerprint density at radius 1 is 1.22 bits per heavy atom. The molecule has 0 aliphatic rings. The Bertz CT molecular complexity index is 363. The van der Waals surface area contributed by atoms with Crippen molar-refractivity contribution in [3.8, 4) is 11.5 Å². The van der Waals surface area contributed by atoms with Crippen molar-refractivity contribution in [1.82, 2.24) is 0 Å². The lowest BCUT2D eigenvalue weighted by molar-refractivity contribution is -0.116. The zero-order valence-corrected chi connectivity index (χ0v) is 11.4. The van der Waals surface area contributed by atoms with E-state index in [2.05, 4.69) is 5.32 Å². The fourth-order valence-corrected chi connectivity index (χ4v) is 1.37. The van der Waals surface area contributed by atoms with Gasteiger partial charge in [0.15, 0.2) is 0 Å². The van der Waals surface area contributed by atoms with Crippen LogP contribution in [0.1, 0.15) is 12.8 Å². The van der Waals surface area contributed by atoms with Crippen molar-refractivity contribution in [3.63, 3.8) is 0 Å². The van der Waals surface area contributed by atoms with Gasteiger partial charge in [0.2, 0.25) is 5.91 Å². The fourth-order valence-electron chi connectivity index (χ4n) is 1.37. The second-order valence-corrected chi connectivity index (χ2v) is 3.54. The van der Waals surface area contributed by atoms with Crippen molar-refractivity contribution in [2.75, 3.05) is 26.1 Å². The molecule has 0 saturated heterocycles. The third kappa shape index (κ3) is 5.25. The van der Waals surface area contributed by atoms with Crippen LogP contribution in [0.25, 0.3) is 0 Å². The summed E-state index contributed by atoms with van der Waals surface area (Å²) in [6.45, 7) is 0.509. The number of carbonyl (C=O) groups excluding carboxylic acids is 1.